The molecule has 6 nitrogen and oxygen atoms in total. The number of amides is 1. The van der Waals surface area contributed by atoms with Crippen LogP contribution in [0.15, 0.2) is 53.4 Å². The average Bonchev–Trinajstić information content (AvgIpc) is 2.63. The van der Waals surface area contributed by atoms with Gasteiger partial charge in [0.25, 0.3) is 15.9 Å². The van der Waals surface area contributed by atoms with Crippen molar-refractivity contribution in [3.8, 4) is 0 Å². The maximum Gasteiger partial charge on any atom is 0.261 e. The van der Waals surface area contributed by atoms with Crippen molar-refractivity contribution in [2.45, 2.75) is 17.9 Å². The summed E-state index contributed by atoms with van der Waals surface area (Å²) in [5, 5.41) is 0.297. The Bertz CT molecular complexity index is 917. The number of carbonyl (C=O) groups is 1. The zero-order chi connectivity index (χ0) is 18.7. The lowest BCUT2D eigenvalue weighted by Crippen LogP contribution is -2.44. The Morgan fingerprint density at radius 2 is 2.00 bits per heavy atom. The van der Waals surface area contributed by atoms with E-state index in [0.29, 0.717) is 30.3 Å². The summed E-state index contributed by atoms with van der Waals surface area (Å²) in [4.78, 5) is 14.3. The first kappa shape index (κ1) is 18.7. The van der Waals surface area contributed by atoms with Crippen LogP contribution in [0.2, 0.25) is 5.02 Å². The van der Waals surface area contributed by atoms with Gasteiger partial charge in [-0.1, -0.05) is 29.8 Å². The second-order valence-electron chi connectivity index (χ2n) is 6.05. The molecule has 1 unspecified atom stereocenters. The molecule has 0 saturated carbocycles. The van der Waals surface area contributed by atoms with Gasteiger partial charge in [-0.05, 0) is 37.3 Å². The largest absolute Gasteiger partial charge is 0.375 e. The number of hydrogen-bond donors (Lipinski definition) is 1. The number of morpholine rings is 1. The summed E-state index contributed by atoms with van der Waals surface area (Å²) in [5.41, 5.74) is 0.606. The van der Waals surface area contributed by atoms with E-state index in [4.69, 9.17) is 16.3 Å². The first-order valence-electron chi connectivity index (χ1n) is 8.15. The van der Waals surface area contributed by atoms with Gasteiger partial charge in [0.2, 0.25) is 0 Å². The molecule has 1 amide bonds. The third-order valence-corrected chi connectivity index (χ3v) is 5.73. The number of nitrogens with one attached hydrogen (secondary N) is 1. The van der Waals surface area contributed by atoms with Crippen molar-refractivity contribution in [1.29, 1.82) is 0 Å². The minimum atomic E-state index is -3.86. The molecule has 26 heavy (non-hydrogen) atoms. The average molecular weight is 395 g/mol. The summed E-state index contributed by atoms with van der Waals surface area (Å²) in [6, 6.07) is 12.5. The van der Waals surface area contributed by atoms with Gasteiger partial charge >= 0.3 is 0 Å². The number of sulfonamides is 1. The van der Waals surface area contributed by atoms with E-state index < -0.39 is 10.0 Å². The number of benzene rings is 2. The minimum absolute atomic E-state index is 0.00424. The molecule has 0 aliphatic carbocycles. The number of carbonyl (C=O) groups excluding carboxylic acids is 1. The maximum absolute atomic E-state index is 12.7. The lowest BCUT2D eigenvalue weighted by molar-refractivity contribution is -0.0124. The second kappa shape index (κ2) is 7.65. The van der Waals surface area contributed by atoms with Crippen molar-refractivity contribution in [3.05, 3.63) is 59.1 Å². The monoisotopic (exact) mass is 394 g/mol. The first-order valence-corrected chi connectivity index (χ1v) is 10.0. The molecule has 3 rings (SSSR count). The van der Waals surface area contributed by atoms with E-state index in [0.717, 1.165) is 0 Å². The van der Waals surface area contributed by atoms with Gasteiger partial charge in [0, 0.05) is 18.7 Å². The van der Waals surface area contributed by atoms with Gasteiger partial charge in [0.1, 0.15) is 0 Å². The number of rotatable bonds is 4. The number of para-hydroxylation sites is 1. The predicted octanol–water partition coefficient (Wildman–Crippen LogP) is 3.00. The molecule has 1 aliphatic rings. The SMILES string of the molecule is CC1CN(C(=O)c2cccc(S(=O)(=O)Nc3ccccc3Cl)c2)CCO1. The summed E-state index contributed by atoms with van der Waals surface area (Å²) in [6.45, 7) is 3.33. The van der Waals surface area contributed by atoms with Gasteiger partial charge in [-0.25, -0.2) is 8.42 Å². The van der Waals surface area contributed by atoms with Crippen molar-refractivity contribution in [2.75, 3.05) is 24.4 Å². The Morgan fingerprint density at radius 1 is 1.23 bits per heavy atom. The van der Waals surface area contributed by atoms with Crippen LogP contribution in [-0.2, 0) is 14.8 Å². The van der Waals surface area contributed by atoms with E-state index in [-0.39, 0.29) is 22.6 Å². The van der Waals surface area contributed by atoms with Crippen LogP contribution in [0, 0.1) is 0 Å². The van der Waals surface area contributed by atoms with E-state index >= 15 is 0 Å². The molecule has 2 aromatic carbocycles. The standard InChI is InChI=1S/C18H19ClN2O4S/c1-13-12-21(9-10-25-13)18(22)14-5-4-6-15(11-14)26(23,24)20-17-8-3-2-7-16(17)19/h2-8,11,13,20H,9-10,12H2,1H3. The second-order valence-corrected chi connectivity index (χ2v) is 8.14. The highest BCUT2D eigenvalue weighted by molar-refractivity contribution is 7.92. The normalized spacial score (nSPS) is 17.8. The zero-order valence-corrected chi connectivity index (χ0v) is 15.8. The smallest absolute Gasteiger partial charge is 0.261 e. The van der Waals surface area contributed by atoms with Crippen molar-refractivity contribution < 1.29 is 17.9 Å². The number of nitrogens with zero attached hydrogens (tertiary/aromatic N) is 1. The summed E-state index contributed by atoms with van der Waals surface area (Å²) in [6.07, 6.45) is -0.0403. The summed E-state index contributed by atoms with van der Waals surface area (Å²) >= 11 is 6.02. The highest BCUT2D eigenvalue weighted by Crippen LogP contribution is 2.24. The maximum atomic E-state index is 12.7. The molecule has 1 saturated heterocycles. The molecular weight excluding hydrogens is 376 g/mol. The Kier molecular flexibility index (Phi) is 5.50. The summed E-state index contributed by atoms with van der Waals surface area (Å²) in [5.74, 6) is -0.213. The fourth-order valence-electron chi connectivity index (χ4n) is 2.73. The van der Waals surface area contributed by atoms with Gasteiger partial charge < -0.3 is 9.64 Å². The number of hydrogen-bond acceptors (Lipinski definition) is 4. The molecule has 0 spiro atoms. The minimum Gasteiger partial charge on any atom is -0.375 e. The summed E-state index contributed by atoms with van der Waals surface area (Å²) < 4.78 is 33.2. The molecule has 1 atom stereocenters. The number of ether oxygens (including phenoxy) is 1. The Balaban J connectivity index is 1.84. The Labute approximate surface area is 157 Å². The van der Waals surface area contributed by atoms with Crippen LogP contribution in [0.5, 0.6) is 0 Å². The lowest BCUT2D eigenvalue weighted by Gasteiger charge is -2.31. The molecular formula is C18H19ClN2O4S. The number of halogens is 1. The van der Waals surface area contributed by atoms with Crippen molar-refractivity contribution in [2.24, 2.45) is 0 Å². The van der Waals surface area contributed by atoms with E-state index in [1.54, 1.807) is 41.3 Å². The molecule has 2 aromatic rings. The van der Waals surface area contributed by atoms with Crippen molar-refractivity contribution in [1.82, 2.24) is 4.90 Å². The first-order chi connectivity index (χ1) is 12.4. The zero-order valence-electron chi connectivity index (χ0n) is 14.2. The molecule has 1 heterocycles. The van der Waals surface area contributed by atoms with E-state index in [1.165, 1.54) is 12.1 Å². The van der Waals surface area contributed by atoms with Crippen LogP contribution < -0.4 is 4.72 Å². The van der Waals surface area contributed by atoms with E-state index in [2.05, 4.69) is 4.72 Å². The fourth-order valence-corrected chi connectivity index (χ4v) is 4.09. The van der Waals surface area contributed by atoms with Gasteiger partial charge in [-0.2, -0.15) is 0 Å². The molecule has 138 valence electrons. The quantitative estimate of drug-likeness (QED) is 0.864. The third-order valence-electron chi connectivity index (χ3n) is 4.04. The van der Waals surface area contributed by atoms with Crippen LogP contribution in [0.25, 0.3) is 0 Å². The van der Waals surface area contributed by atoms with Crippen LogP contribution in [-0.4, -0.2) is 45.0 Å². The highest BCUT2D eigenvalue weighted by Gasteiger charge is 2.24. The molecule has 1 N–H and O–H groups in total. The van der Waals surface area contributed by atoms with Crippen LogP contribution in [0.3, 0.4) is 0 Å². The van der Waals surface area contributed by atoms with E-state index in [1.807, 2.05) is 6.92 Å². The van der Waals surface area contributed by atoms with Gasteiger partial charge in [0.05, 0.1) is 28.3 Å². The molecule has 1 aliphatic heterocycles. The lowest BCUT2D eigenvalue weighted by atomic mass is 10.2. The highest BCUT2D eigenvalue weighted by atomic mass is 35.5. The molecule has 0 bridgehead atoms. The summed E-state index contributed by atoms with van der Waals surface area (Å²) in [7, 11) is -3.86. The van der Waals surface area contributed by atoms with Gasteiger partial charge in [-0.15, -0.1) is 0 Å². The van der Waals surface area contributed by atoms with Crippen molar-refractivity contribution >= 4 is 33.2 Å². The topological polar surface area (TPSA) is 75.7 Å². The van der Waals surface area contributed by atoms with Crippen LogP contribution in [0.1, 0.15) is 17.3 Å². The van der Waals surface area contributed by atoms with E-state index in [9.17, 15) is 13.2 Å². The Morgan fingerprint density at radius 3 is 2.73 bits per heavy atom. The van der Waals surface area contributed by atoms with Crippen molar-refractivity contribution in [3.63, 3.8) is 0 Å². The molecule has 0 radical (unpaired) electrons. The molecule has 1 fully saturated rings. The number of anilines is 1. The molecule has 8 heteroatoms. The van der Waals surface area contributed by atoms with Gasteiger partial charge in [0.15, 0.2) is 0 Å². The fraction of sp³-hybridized carbons (Fsp3) is 0.278. The van der Waals surface area contributed by atoms with Gasteiger partial charge in [-0.3, -0.25) is 9.52 Å². The Hall–Kier alpha value is -2.09. The third kappa shape index (κ3) is 4.17. The van der Waals surface area contributed by atoms with Crippen LogP contribution in [0.4, 0.5) is 5.69 Å². The van der Waals surface area contributed by atoms with Crippen LogP contribution >= 0.6 is 11.6 Å². The predicted molar refractivity (Wildman–Crippen MR) is 100 cm³/mol. The molecule has 0 aromatic heterocycles.